The van der Waals surface area contributed by atoms with Crippen molar-refractivity contribution in [2.75, 3.05) is 11.9 Å². The molecular formula is C15H17Cl2N3O2. The lowest BCUT2D eigenvalue weighted by molar-refractivity contribution is 0.159. The molecule has 118 valence electrons. The number of nitrogens with one attached hydrogen (secondary N) is 2. The Hall–Kier alpha value is -1.69. The van der Waals surface area contributed by atoms with Crippen molar-refractivity contribution in [1.82, 2.24) is 9.88 Å². The van der Waals surface area contributed by atoms with Gasteiger partial charge in [0, 0.05) is 31.2 Å². The van der Waals surface area contributed by atoms with Crippen LogP contribution < -0.4 is 10.6 Å². The standard InChI is InChI=1S/C15H17Cl2N3O2/c1-20-8-2-3-13(20)14(21)6-7-18-15(22)19-10-4-5-11(16)12(17)9-10/h2-5,8-9,14,21H,6-7H2,1H3,(H2,18,19,22)/t14-/m0/s1. The van der Waals surface area contributed by atoms with E-state index in [0.717, 1.165) is 5.69 Å². The van der Waals surface area contributed by atoms with Gasteiger partial charge in [-0.2, -0.15) is 0 Å². The van der Waals surface area contributed by atoms with Gasteiger partial charge in [-0.25, -0.2) is 4.79 Å². The summed E-state index contributed by atoms with van der Waals surface area (Å²) in [7, 11) is 1.86. The summed E-state index contributed by atoms with van der Waals surface area (Å²) in [5.74, 6) is 0. The molecule has 3 N–H and O–H groups in total. The number of aliphatic hydroxyl groups excluding tert-OH is 1. The van der Waals surface area contributed by atoms with Gasteiger partial charge in [0.15, 0.2) is 0 Å². The molecule has 1 heterocycles. The van der Waals surface area contributed by atoms with Crippen molar-refractivity contribution in [3.63, 3.8) is 0 Å². The maximum atomic E-state index is 11.8. The number of carbonyl (C=O) groups is 1. The highest BCUT2D eigenvalue weighted by molar-refractivity contribution is 6.42. The fourth-order valence-corrected chi connectivity index (χ4v) is 2.34. The third kappa shape index (κ3) is 4.40. The van der Waals surface area contributed by atoms with Crippen molar-refractivity contribution in [2.24, 2.45) is 7.05 Å². The number of aliphatic hydroxyl groups is 1. The summed E-state index contributed by atoms with van der Waals surface area (Å²) in [5.41, 5.74) is 1.36. The first-order chi connectivity index (χ1) is 10.5. The molecule has 1 aromatic heterocycles. The summed E-state index contributed by atoms with van der Waals surface area (Å²) in [6, 6.07) is 8.19. The summed E-state index contributed by atoms with van der Waals surface area (Å²) in [5, 5.41) is 16.2. The van der Waals surface area contributed by atoms with E-state index in [2.05, 4.69) is 10.6 Å². The summed E-state index contributed by atoms with van der Waals surface area (Å²) >= 11 is 11.7. The third-order valence-corrected chi connectivity index (χ3v) is 3.95. The molecule has 1 atom stereocenters. The van der Waals surface area contributed by atoms with Crippen molar-refractivity contribution < 1.29 is 9.90 Å². The average Bonchev–Trinajstić information content (AvgIpc) is 2.89. The van der Waals surface area contributed by atoms with Gasteiger partial charge in [-0.3, -0.25) is 0 Å². The minimum atomic E-state index is -0.620. The van der Waals surface area contributed by atoms with Crippen LogP contribution in [0.15, 0.2) is 36.5 Å². The van der Waals surface area contributed by atoms with E-state index in [1.54, 1.807) is 18.2 Å². The highest BCUT2D eigenvalue weighted by Crippen LogP contribution is 2.24. The van der Waals surface area contributed by atoms with E-state index < -0.39 is 6.10 Å². The van der Waals surface area contributed by atoms with Crippen LogP contribution in [0, 0.1) is 0 Å². The second-order valence-electron chi connectivity index (χ2n) is 4.86. The fraction of sp³-hybridized carbons (Fsp3) is 0.267. The van der Waals surface area contributed by atoms with Gasteiger partial charge in [0.25, 0.3) is 0 Å². The maximum absolute atomic E-state index is 11.8. The number of aryl methyl sites for hydroxylation is 1. The van der Waals surface area contributed by atoms with E-state index in [1.165, 1.54) is 0 Å². The normalized spacial score (nSPS) is 12.0. The van der Waals surface area contributed by atoms with Crippen LogP contribution in [0.4, 0.5) is 10.5 Å². The first-order valence-corrected chi connectivity index (χ1v) is 7.52. The molecule has 0 bridgehead atoms. The lowest BCUT2D eigenvalue weighted by atomic mass is 10.2. The third-order valence-electron chi connectivity index (χ3n) is 3.21. The molecule has 22 heavy (non-hydrogen) atoms. The molecule has 0 aliphatic heterocycles. The molecule has 0 spiro atoms. The van der Waals surface area contributed by atoms with Crippen LogP contribution in [0.2, 0.25) is 10.0 Å². The number of rotatable bonds is 5. The van der Waals surface area contributed by atoms with Crippen molar-refractivity contribution in [2.45, 2.75) is 12.5 Å². The Morgan fingerprint density at radius 1 is 1.32 bits per heavy atom. The molecule has 2 rings (SSSR count). The Morgan fingerprint density at radius 2 is 2.09 bits per heavy atom. The monoisotopic (exact) mass is 341 g/mol. The highest BCUT2D eigenvalue weighted by Gasteiger charge is 2.11. The topological polar surface area (TPSA) is 66.3 Å². The van der Waals surface area contributed by atoms with Crippen LogP contribution in [0.1, 0.15) is 18.2 Å². The van der Waals surface area contributed by atoms with Gasteiger partial charge in [0.05, 0.1) is 16.1 Å². The fourth-order valence-electron chi connectivity index (χ4n) is 2.04. The molecular weight excluding hydrogens is 325 g/mol. The van der Waals surface area contributed by atoms with Crippen molar-refractivity contribution in [1.29, 1.82) is 0 Å². The first-order valence-electron chi connectivity index (χ1n) is 6.76. The molecule has 2 amide bonds. The van der Waals surface area contributed by atoms with Crippen LogP contribution in [0.25, 0.3) is 0 Å². The van der Waals surface area contributed by atoms with Crippen LogP contribution in [-0.4, -0.2) is 22.2 Å². The minimum absolute atomic E-state index is 0.347. The van der Waals surface area contributed by atoms with E-state index >= 15 is 0 Å². The number of halogens is 2. The lowest BCUT2D eigenvalue weighted by Gasteiger charge is -2.13. The Labute approximate surface area is 138 Å². The van der Waals surface area contributed by atoms with E-state index in [-0.39, 0.29) is 6.03 Å². The van der Waals surface area contributed by atoms with Gasteiger partial charge in [0.1, 0.15) is 0 Å². The van der Waals surface area contributed by atoms with Gasteiger partial charge in [-0.05, 0) is 36.8 Å². The van der Waals surface area contributed by atoms with E-state index in [4.69, 9.17) is 23.2 Å². The molecule has 0 aliphatic rings. The Kier molecular flexibility index (Phi) is 5.71. The molecule has 0 saturated heterocycles. The predicted octanol–water partition coefficient (Wildman–Crippen LogP) is 3.58. The number of anilines is 1. The second-order valence-corrected chi connectivity index (χ2v) is 5.67. The van der Waals surface area contributed by atoms with Crippen LogP contribution in [0.5, 0.6) is 0 Å². The summed E-state index contributed by atoms with van der Waals surface area (Å²) in [4.78, 5) is 11.8. The number of aromatic nitrogens is 1. The molecule has 7 heteroatoms. The SMILES string of the molecule is Cn1cccc1[C@@H](O)CCNC(=O)Nc1ccc(Cl)c(Cl)c1. The molecule has 2 aromatic rings. The number of hydrogen-bond donors (Lipinski definition) is 3. The zero-order valence-electron chi connectivity index (χ0n) is 12.0. The van der Waals surface area contributed by atoms with Gasteiger partial charge >= 0.3 is 6.03 Å². The summed E-state index contributed by atoms with van der Waals surface area (Å²) in [6.07, 6.45) is 1.67. The lowest BCUT2D eigenvalue weighted by Crippen LogP contribution is -2.30. The Bertz CT molecular complexity index is 658. The van der Waals surface area contributed by atoms with Crippen molar-refractivity contribution >= 4 is 34.9 Å². The molecule has 1 aromatic carbocycles. The zero-order chi connectivity index (χ0) is 16.1. The van der Waals surface area contributed by atoms with E-state index in [0.29, 0.717) is 28.7 Å². The second kappa shape index (κ2) is 7.54. The van der Waals surface area contributed by atoms with Gasteiger partial charge in [-0.1, -0.05) is 23.2 Å². The van der Waals surface area contributed by atoms with Crippen LogP contribution in [-0.2, 0) is 7.05 Å². The average molecular weight is 342 g/mol. The highest BCUT2D eigenvalue weighted by atomic mass is 35.5. The van der Waals surface area contributed by atoms with Gasteiger partial charge in [-0.15, -0.1) is 0 Å². The van der Waals surface area contributed by atoms with E-state index in [9.17, 15) is 9.90 Å². The van der Waals surface area contributed by atoms with Crippen LogP contribution in [0.3, 0.4) is 0 Å². The molecule has 0 saturated carbocycles. The first kappa shape index (κ1) is 16.7. The van der Waals surface area contributed by atoms with Gasteiger partial charge in [0.2, 0.25) is 0 Å². The van der Waals surface area contributed by atoms with Crippen LogP contribution >= 0.6 is 23.2 Å². The quantitative estimate of drug-likeness (QED) is 0.778. The van der Waals surface area contributed by atoms with Crippen molar-refractivity contribution in [3.8, 4) is 0 Å². The summed E-state index contributed by atoms with van der Waals surface area (Å²) in [6.45, 7) is 0.347. The Morgan fingerprint density at radius 3 is 2.73 bits per heavy atom. The number of amides is 2. The smallest absolute Gasteiger partial charge is 0.319 e. The molecule has 0 radical (unpaired) electrons. The predicted molar refractivity (Wildman–Crippen MR) is 88.5 cm³/mol. The number of carbonyl (C=O) groups excluding carboxylic acids is 1. The number of nitrogens with zero attached hydrogens (tertiary/aromatic N) is 1. The Balaban J connectivity index is 1.78. The number of urea groups is 1. The minimum Gasteiger partial charge on any atom is -0.387 e. The van der Waals surface area contributed by atoms with Gasteiger partial charge < -0.3 is 20.3 Å². The molecule has 0 aliphatic carbocycles. The number of hydrogen-bond acceptors (Lipinski definition) is 2. The largest absolute Gasteiger partial charge is 0.387 e. The number of benzene rings is 1. The van der Waals surface area contributed by atoms with E-state index in [1.807, 2.05) is 29.9 Å². The molecule has 0 unspecified atom stereocenters. The zero-order valence-corrected chi connectivity index (χ0v) is 13.5. The summed E-state index contributed by atoms with van der Waals surface area (Å²) < 4.78 is 1.85. The van der Waals surface area contributed by atoms with Crippen molar-refractivity contribution in [3.05, 3.63) is 52.3 Å². The molecule has 5 nitrogen and oxygen atoms in total. The molecule has 0 fully saturated rings. The maximum Gasteiger partial charge on any atom is 0.319 e.